The number of hydrogen-bond donors (Lipinski definition) is 1. The van der Waals surface area contributed by atoms with E-state index >= 15 is 0 Å². The summed E-state index contributed by atoms with van der Waals surface area (Å²) in [6, 6.07) is 8.97. The zero-order valence-corrected chi connectivity index (χ0v) is 14.1. The Hall–Kier alpha value is -0.740. The normalized spacial score (nSPS) is 12.3. The summed E-state index contributed by atoms with van der Waals surface area (Å²) in [6.45, 7) is 1.93. The van der Waals surface area contributed by atoms with E-state index in [1.165, 1.54) is 7.11 Å². The Morgan fingerprint density at radius 2 is 1.80 bits per heavy atom. The van der Waals surface area contributed by atoms with Crippen LogP contribution in [-0.4, -0.2) is 12.2 Å². The Morgan fingerprint density at radius 1 is 1.10 bits per heavy atom. The lowest BCUT2D eigenvalue weighted by molar-refractivity contribution is 0.219. The summed E-state index contributed by atoms with van der Waals surface area (Å²) in [5.74, 6) is 0.485. The highest BCUT2D eigenvalue weighted by Gasteiger charge is 2.18. The van der Waals surface area contributed by atoms with Crippen LogP contribution in [0.15, 0.2) is 34.8 Å². The molecule has 0 aliphatic rings. The third-order valence-corrected chi connectivity index (χ3v) is 4.22. The lowest BCUT2D eigenvalue weighted by Gasteiger charge is -2.17. The number of methoxy groups -OCH3 is 1. The molecule has 20 heavy (non-hydrogen) atoms. The molecule has 2 aromatic rings. The predicted molar refractivity (Wildman–Crippen MR) is 86.0 cm³/mol. The molecular weight excluding hydrogens is 363 g/mol. The lowest BCUT2D eigenvalue weighted by Crippen LogP contribution is -2.03. The van der Waals surface area contributed by atoms with E-state index in [1.54, 1.807) is 12.1 Å². The molecule has 2 aromatic carbocycles. The summed E-state index contributed by atoms with van der Waals surface area (Å²) < 4.78 is 6.00. The van der Waals surface area contributed by atoms with Gasteiger partial charge in [0.25, 0.3) is 0 Å². The van der Waals surface area contributed by atoms with Crippen LogP contribution in [0.5, 0.6) is 5.75 Å². The van der Waals surface area contributed by atoms with Gasteiger partial charge in [-0.15, -0.1) is 0 Å². The third-order valence-electron chi connectivity index (χ3n) is 3.10. The van der Waals surface area contributed by atoms with Crippen molar-refractivity contribution in [3.05, 3.63) is 61.5 Å². The molecule has 0 aliphatic carbocycles. The fourth-order valence-electron chi connectivity index (χ4n) is 1.98. The number of hydrogen-bond acceptors (Lipinski definition) is 2. The van der Waals surface area contributed by atoms with Gasteiger partial charge >= 0.3 is 0 Å². The van der Waals surface area contributed by atoms with Crippen LogP contribution in [0.4, 0.5) is 0 Å². The first-order chi connectivity index (χ1) is 9.43. The van der Waals surface area contributed by atoms with Gasteiger partial charge in [0.1, 0.15) is 11.9 Å². The lowest BCUT2D eigenvalue weighted by atomic mass is 9.97. The molecule has 2 nitrogen and oxygen atoms in total. The highest BCUT2D eigenvalue weighted by Crippen LogP contribution is 2.37. The van der Waals surface area contributed by atoms with E-state index < -0.39 is 6.10 Å². The average molecular weight is 376 g/mol. The van der Waals surface area contributed by atoms with Crippen LogP contribution >= 0.6 is 39.1 Å². The van der Waals surface area contributed by atoms with Crippen LogP contribution in [0, 0.1) is 6.92 Å². The third kappa shape index (κ3) is 3.12. The fraction of sp³-hybridized carbons (Fsp3) is 0.200. The van der Waals surface area contributed by atoms with E-state index in [0.29, 0.717) is 21.4 Å². The van der Waals surface area contributed by atoms with Gasteiger partial charge in [-0.05, 0) is 36.2 Å². The van der Waals surface area contributed by atoms with Crippen LogP contribution in [0.2, 0.25) is 10.0 Å². The van der Waals surface area contributed by atoms with Crippen molar-refractivity contribution in [3.63, 3.8) is 0 Å². The van der Waals surface area contributed by atoms with Crippen LogP contribution in [0.3, 0.4) is 0 Å². The Kier molecular flexibility index (Phi) is 4.97. The maximum absolute atomic E-state index is 10.6. The van der Waals surface area contributed by atoms with Crippen LogP contribution in [-0.2, 0) is 0 Å². The van der Waals surface area contributed by atoms with Gasteiger partial charge in [0, 0.05) is 16.1 Å². The van der Waals surface area contributed by atoms with Crippen molar-refractivity contribution in [1.29, 1.82) is 0 Å². The quantitative estimate of drug-likeness (QED) is 0.803. The number of aliphatic hydroxyl groups is 1. The molecule has 0 fully saturated rings. The van der Waals surface area contributed by atoms with Crippen molar-refractivity contribution < 1.29 is 9.84 Å². The van der Waals surface area contributed by atoms with Gasteiger partial charge in [0.05, 0.1) is 17.2 Å². The molecule has 1 unspecified atom stereocenters. The molecule has 1 N–H and O–H groups in total. The molecule has 0 bridgehead atoms. The molecular formula is C15H13BrCl2O2. The molecule has 0 spiro atoms. The first-order valence-electron chi connectivity index (χ1n) is 5.91. The molecule has 0 radical (unpaired) electrons. The standard InChI is InChI=1S/C15H13BrCl2O2/c1-8-3-4-9(16)5-10(8)15(19)11-6-13(18)14(20-2)7-12(11)17/h3-7,15,19H,1-2H3. The SMILES string of the molecule is COc1cc(Cl)c(C(O)c2cc(Br)ccc2C)cc1Cl. The second-order valence-corrected chi connectivity index (χ2v) is 6.14. The molecule has 0 saturated heterocycles. The molecule has 1 atom stereocenters. The van der Waals surface area contributed by atoms with E-state index in [0.717, 1.165) is 15.6 Å². The van der Waals surface area contributed by atoms with E-state index in [4.69, 9.17) is 27.9 Å². The fourth-order valence-corrected chi connectivity index (χ4v) is 2.87. The zero-order valence-electron chi connectivity index (χ0n) is 11.0. The Morgan fingerprint density at radius 3 is 2.45 bits per heavy atom. The van der Waals surface area contributed by atoms with Gasteiger partial charge < -0.3 is 9.84 Å². The van der Waals surface area contributed by atoms with E-state index in [-0.39, 0.29) is 0 Å². The van der Waals surface area contributed by atoms with E-state index in [1.807, 2.05) is 25.1 Å². The van der Waals surface area contributed by atoms with Crippen LogP contribution < -0.4 is 4.74 Å². The Bertz CT molecular complexity index is 644. The number of rotatable bonds is 3. The number of halogens is 3. The largest absolute Gasteiger partial charge is 0.495 e. The van der Waals surface area contributed by atoms with Crippen molar-refractivity contribution in [3.8, 4) is 5.75 Å². The van der Waals surface area contributed by atoms with Crippen molar-refractivity contribution in [1.82, 2.24) is 0 Å². The Labute approximate surface area is 136 Å². The van der Waals surface area contributed by atoms with Gasteiger partial charge in [-0.3, -0.25) is 0 Å². The molecule has 0 heterocycles. The van der Waals surface area contributed by atoms with Crippen LogP contribution in [0.1, 0.15) is 22.8 Å². The smallest absolute Gasteiger partial charge is 0.138 e. The summed E-state index contributed by atoms with van der Waals surface area (Å²) >= 11 is 15.7. The van der Waals surface area contributed by atoms with E-state index in [2.05, 4.69) is 15.9 Å². The van der Waals surface area contributed by atoms with Crippen molar-refractivity contribution in [2.45, 2.75) is 13.0 Å². The molecule has 5 heteroatoms. The van der Waals surface area contributed by atoms with Gasteiger partial charge in [0.2, 0.25) is 0 Å². The summed E-state index contributed by atoms with van der Waals surface area (Å²) in [6.07, 6.45) is -0.844. The minimum Gasteiger partial charge on any atom is -0.495 e. The summed E-state index contributed by atoms with van der Waals surface area (Å²) in [4.78, 5) is 0. The van der Waals surface area contributed by atoms with Gasteiger partial charge in [0.15, 0.2) is 0 Å². The zero-order chi connectivity index (χ0) is 14.9. The summed E-state index contributed by atoms with van der Waals surface area (Å²) in [5.41, 5.74) is 2.31. The molecule has 2 rings (SSSR count). The first kappa shape index (κ1) is 15.6. The highest BCUT2D eigenvalue weighted by molar-refractivity contribution is 9.10. The summed E-state index contributed by atoms with van der Waals surface area (Å²) in [7, 11) is 1.52. The Balaban J connectivity index is 2.50. The minimum absolute atomic E-state index is 0.415. The average Bonchev–Trinajstić information content (AvgIpc) is 2.42. The maximum atomic E-state index is 10.6. The summed E-state index contributed by atoms with van der Waals surface area (Å²) in [5, 5.41) is 11.4. The molecule has 0 aromatic heterocycles. The molecule has 0 amide bonds. The second kappa shape index (κ2) is 6.35. The van der Waals surface area contributed by atoms with Crippen LogP contribution in [0.25, 0.3) is 0 Å². The number of aryl methyl sites for hydroxylation is 1. The van der Waals surface area contributed by atoms with Gasteiger partial charge in [-0.2, -0.15) is 0 Å². The second-order valence-electron chi connectivity index (χ2n) is 4.41. The first-order valence-corrected chi connectivity index (χ1v) is 7.46. The molecule has 0 aliphatic heterocycles. The number of benzene rings is 2. The van der Waals surface area contributed by atoms with Crippen molar-refractivity contribution in [2.24, 2.45) is 0 Å². The topological polar surface area (TPSA) is 29.5 Å². The minimum atomic E-state index is -0.844. The van der Waals surface area contributed by atoms with Gasteiger partial charge in [-0.1, -0.05) is 45.2 Å². The highest BCUT2D eigenvalue weighted by atomic mass is 79.9. The van der Waals surface area contributed by atoms with Crippen molar-refractivity contribution in [2.75, 3.05) is 7.11 Å². The van der Waals surface area contributed by atoms with Gasteiger partial charge in [-0.25, -0.2) is 0 Å². The number of aliphatic hydroxyl groups excluding tert-OH is 1. The maximum Gasteiger partial charge on any atom is 0.138 e. The van der Waals surface area contributed by atoms with E-state index in [9.17, 15) is 5.11 Å². The monoisotopic (exact) mass is 374 g/mol. The molecule has 0 saturated carbocycles. The van der Waals surface area contributed by atoms with Crippen molar-refractivity contribution >= 4 is 39.1 Å². The predicted octanol–water partition coefficient (Wildman–Crippen LogP) is 5.15. The molecule has 106 valence electrons. The number of ether oxygens (including phenoxy) is 1.